The van der Waals surface area contributed by atoms with E-state index in [2.05, 4.69) is 19.9 Å². The van der Waals surface area contributed by atoms with Crippen molar-refractivity contribution >= 4 is 10.0 Å². The number of aliphatic hydroxyl groups excluding tert-OH is 1. The Kier molecular flexibility index (Phi) is 5.05. The summed E-state index contributed by atoms with van der Waals surface area (Å²) in [5.74, 6) is 0. The summed E-state index contributed by atoms with van der Waals surface area (Å²) in [5, 5.41) is 15.6. The van der Waals surface area contributed by atoms with Gasteiger partial charge in [-0.15, -0.1) is 0 Å². The second-order valence-corrected chi connectivity index (χ2v) is 6.40. The summed E-state index contributed by atoms with van der Waals surface area (Å²) < 4.78 is 26.5. The van der Waals surface area contributed by atoms with Crippen molar-refractivity contribution in [2.24, 2.45) is 0 Å². The third kappa shape index (κ3) is 4.10. The van der Waals surface area contributed by atoms with Crippen molar-refractivity contribution in [3.8, 4) is 0 Å². The van der Waals surface area contributed by atoms with Gasteiger partial charge in [0.05, 0.1) is 12.8 Å². The summed E-state index contributed by atoms with van der Waals surface area (Å²) >= 11 is 0. The number of aromatic amines is 1. The molecule has 0 atom stereocenters. The minimum Gasteiger partial charge on any atom is -0.392 e. The predicted molar refractivity (Wildman–Crippen MR) is 77.0 cm³/mol. The summed E-state index contributed by atoms with van der Waals surface area (Å²) in [6.07, 6.45) is 4.53. The van der Waals surface area contributed by atoms with E-state index in [9.17, 15) is 8.42 Å². The number of H-pyrrole nitrogens is 1. The fraction of sp³-hybridized carbons (Fsp3) is 0.385. The first-order chi connectivity index (χ1) is 10.0. The van der Waals surface area contributed by atoms with Crippen LogP contribution in [0.5, 0.6) is 0 Å². The first-order valence-corrected chi connectivity index (χ1v) is 8.05. The van der Waals surface area contributed by atoms with E-state index in [0.29, 0.717) is 18.5 Å². The fourth-order valence-corrected chi connectivity index (χ4v) is 2.85. The maximum Gasteiger partial charge on any atom is 0.258 e. The second kappa shape index (κ2) is 6.79. The van der Waals surface area contributed by atoms with E-state index in [1.165, 1.54) is 18.3 Å². The smallest absolute Gasteiger partial charge is 0.258 e. The van der Waals surface area contributed by atoms with Crippen LogP contribution in [0.25, 0.3) is 0 Å². The molecule has 0 fully saturated rings. The third-order valence-corrected chi connectivity index (χ3v) is 4.48. The Balaban J connectivity index is 1.87. The number of pyridine rings is 1. The molecular weight excluding hydrogens is 292 g/mol. The first-order valence-electron chi connectivity index (χ1n) is 6.57. The Morgan fingerprint density at radius 3 is 2.71 bits per heavy atom. The summed E-state index contributed by atoms with van der Waals surface area (Å²) in [6.45, 7) is 2.10. The number of aromatic nitrogens is 3. The highest BCUT2D eigenvalue weighted by Crippen LogP contribution is 2.08. The highest BCUT2D eigenvalue weighted by atomic mass is 32.2. The predicted octanol–water partition coefficient (Wildman–Crippen LogP) is 0.517. The molecule has 0 aliphatic heterocycles. The summed E-state index contributed by atoms with van der Waals surface area (Å²) in [4.78, 5) is 3.84. The van der Waals surface area contributed by atoms with Gasteiger partial charge in [0.1, 0.15) is 0 Å². The Morgan fingerprint density at radius 1 is 1.33 bits per heavy atom. The Morgan fingerprint density at radius 2 is 2.14 bits per heavy atom. The molecule has 2 rings (SSSR count). The maximum atomic E-state index is 12.0. The Hall–Kier alpha value is -1.77. The molecule has 0 amide bonds. The van der Waals surface area contributed by atoms with E-state index in [0.717, 1.165) is 17.7 Å². The summed E-state index contributed by atoms with van der Waals surface area (Å²) in [6, 6.07) is 2.92. The number of nitrogens with one attached hydrogen (secondary N) is 2. The molecule has 0 aliphatic carbocycles. The van der Waals surface area contributed by atoms with Gasteiger partial charge in [0.15, 0.2) is 5.03 Å². The van der Waals surface area contributed by atoms with Crippen LogP contribution in [0.4, 0.5) is 0 Å². The summed E-state index contributed by atoms with van der Waals surface area (Å²) in [7, 11) is -3.60. The van der Waals surface area contributed by atoms with Gasteiger partial charge in [-0.1, -0.05) is 6.07 Å². The van der Waals surface area contributed by atoms with Crippen LogP contribution in [0.1, 0.15) is 23.2 Å². The van der Waals surface area contributed by atoms with E-state index in [1.807, 2.05) is 6.92 Å². The van der Waals surface area contributed by atoms with E-state index in [1.54, 1.807) is 6.20 Å². The van der Waals surface area contributed by atoms with Crippen LogP contribution in [0.15, 0.2) is 29.6 Å². The van der Waals surface area contributed by atoms with Crippen LogP contribution in [0.2, 0.25) is 0 Å². The van der Waals surface area contributed by atoms with Crippen LogP contribution in [0, 0.1) is 6.92 Å². The van der Waals surface area contributed by atoms with Crippen LogP contribution < -0.4 is 4.72 Å². The van der Waals surface area contributed by atoms with Crippen LogP contribution in [0.3, 0.4) is 0 Å². The Bertz CT molecular complexity index is 680. The SMILES string of the molecule is Cc1[nH]ncc1CCCNS(=O)(=O)c1ccc(CO)cn1. The average Bonchev–Trinajstić information content (AvgIpc) is 2.89. The van der Waals surface area contributed by atoms with Crippen molar-refractivity contribution in [2.45, 2.75) is 31.4 Å². The average molecular weight is 310 g/mol. The van der Waals surface area contributed by atoms with Crippen molar-refractivity contribution in [1.29, 1.82) is 0 Å². The lowest BCUT2D eigenvalue weighted by atomic mass is 10.1. The molecule has 3 N–H and O–H groups in total. The topological polar surface area (TPSA) is 108 Å². The first kappa shape index (κ1) is 15.6. The van der Waals surface area contributed by atoms with Crippen molar-refractivity contribution in [2.75, 3.05) is 6.54 Å². The molecule has 7 nitrogen and oxygen atoms in total. The molecule has 21 heavy (non-hydrogen) atoms. The van der Waals surface area contributed by atoms with Crippen LogP contribution >= 0.6 is 0 Å². The monoisotopic (exact) mass is 310 g/mol. The van der Waals surface area contributed by atoms with Crippen molar-refractivity contribution in [1.82, 2.24) is 19.9 Å². The van der Waals surface area contributed by atoms with Crippen LogP contribution in [-0.4, -0.2) is 35.3 Å². The molecule has 0 saturated heterocycles. The largest absolute Gasteiger partial charge is 0.392 e. The van der Waals surface area contributed by atoms with Crippen molar-refractivity contribution < 1.29 is 13.5 Å². The molecule has 0 spiro atoms. The van der Waals surface area contributed by atoms with Crippen LogP contribution in [-0.2, 0) is 23.1 Å². The molecule has 0 unspecified atom stereocenters. The normalized spacial score (nSPS) is 11.7. The van der Waals surface area contributed by atoms with Gasteiger partial charge in [-0.05, 0) is 37.0 Å². The Labute approximate surface area is 123 Å². The number of aryl methyl sites for hydroxylation is 2. The highest BCUT2D eigenvalue weighted by molar-refractivity contribution is 7.89. The van der Waals surface area contributed by atoms with Gasteiger partial charge in [0, 0.05) is 18.4 Å². The quantitative estimate of drug-likeness (QED) is 0.646. The molecule has 0 radical (unpaired) electrons. The van der Waals surface area contributed by atoms with Gasteiger partial charge in [0.2, 0.25) is 0 Å². The lowest BCUT2D eigenvalue weighted by molar-refractivity contribution is 0.281. The molecule has 114 valence electrons. The van der Waals surface area contributed by atoms with Gasteiger partial charge in [-0.2, -0.15) is 5.10 Å². The molecule has 0 saturated carbocycles. The molecule has 0 aliphatic rings. The lowest BCUT2D eigenvalue weighted by Crippen LogP contribution is -2.26. The fourth-order valence-electron chi connectivity index (χ4n) is 1.85. The number of hydrogen-bond acceptors (Lipinski definition) is 5. The van der Waals surface area contributed by atoms with E-state index in [4.69, 9.17) is 5.11 Å². The van der Waals surface area contributed by atoms with Gasteiger partial charge in [0.25, 0.3) is 10.0 Å². The zero-order valence-corrected chi connectivity index (χ0v) is 12.5. The molecule has 8 heteroatoms. The van der Waals surface area contributed by atoms with E-state index in [-0.39, 0.29) is 11.6 Å². The number of nitrogens with zero attached hydrogens (tertiary/aromatic N) is 2. The number of sulfonamides is 1. The van der Waals surface area contributed by atoms with E-state index < -0.39 is 10.0 Å². The molecule has 2 aromatic heterocycles. The molecule has 0 aromatic carbocycles. The highest BCUT2D eigenvalue weighted by Gasteiger charge is 2.14. The molecule has 2 aromatic rings. The van der Waals surface area contributed by atoms with Gasteiger partial charge < -0.3 is 5.11 Å². The molecular formula is C13H18N4O3S. The second-order valence-electron chi connectivity index (χ2n) is 4.68. The number of aliphatic hydroxyl groups is 1. The minimum atomic E-state index is -3.60. The van der Waals surface area contributed by atoms with E-state index >= 15 is 0 Å². The molecule has 2 heterocycles. The summed E-state index contributed by atoms with van der Waals surface area (Å²) in [5.41, 5.74) is 2.66. The van der Waals surface area contributed by atoms with Gasteiger partial charge in [-0.25, -0.2) is 18.1 Å². The maximum absolute atomic E-state index is 12.0. The minimum absolute atomic E-state index is 0.0424. The van der Waals surface area contributed by atoms with Crippen molar-refractivity contribution in [3.05, 3.63) is 41.3 Å². The van der Waals surface area contributed by atoms with Crippen molar-refractivity contribution in [3.63, 3.8) is 0 Å². The third-order valence-electron chi connectivity index (χ3n) is 3.10. The van der Waals surface area contributed by atoms with Gasteiger partial charge >= 0.3 is 0 Å². The number of rotatable bonds is 7. The standard InChI is InChI=1S/C13H18N4O3S/c1-10-12(8-15-17-10)3-2-6-16-21(19,20)13-5-4-11(9-18)7-14-13/h4-5,7-8,16,18H,2-3,6,9H2,1H3,(H,15,17). The zero-order chi connectivity index (χ0) is 15.3. The lowest BCUT2D eigenvalue weighted by Gasteiger charge is -2.06. The number of hydrogen-bond donors (Lipinski definition) is 3. The molecule has 0 bridgehead atoms. The zero-order valence-electron chi connectivity index (χ0n) is 11.7. The van der Waals surface area contributed by atoms with Gasteiger partial charge in [-0.3, -0.25) is 5.10 Å².